The van der Waals surface area contributed by atoms with Crippen LogP contribution in [0.1, 0.15) is 23.6 Å². The van der Waals surface area contributed by atoms with E-state index < -0.39 is 17.8 Å². The Hall–Kier alpha value is -2.11. The zero-order valence-electron chi connectivity index (χ0n) is 10.6. The van der Waals surface area contributed by atoms with E-state index in [1.165, 1.54) is 12.1 Å². The minimum atomic E-state index is -0.748. The molecule has 0 aliphatic carbocycles. The summed E-state index contributed by atoms with van der Waals surface area (Å²) in [5.74, 6) is -0.986. The van der Waals surface area contributed by atoms with E-state index in [1.54, 1.807) is 13.0 Å². The summed E-state index contributed by atoms with van der Waals surface area (Å²) in [5.41, 5.74) is 14.8. The van der Waals surface area contributed by atoms with E-state index in [4.69, 9.17) is 11.3 Å². The Morgan fingerprint density at radius 1 is 1.63 bits per heavy atom. The third-order valence-electron chi connectivity index (χ3n) is 2.68. The molecule has 19 heavy (non-hydrogen) atoms. The van der Waals surface area contributed by atoms with Crippen LogP contribution in [0.2, 0.25) is 0 Å². The highest BCUT2D eigenvalue weighted by Gasteiger charge is 2.19. The largest absolute Gasteiger partial charge is 0.368 e. The zero-order valence-corrected chi connectivity index (χ0v) is 10.6. The molecular formula is C12H16FN5O. The molecule has 7 heteroatoms. The maximum atomic E-state index is 13.2. The van der Waals surface area contributed by atoms with Crippen molar-refractivity contribution in [2.45, 2.75) is 19.4 Å². The molecule has 6 nitrogen and oxygen atoms in total. The molecule has 1 aromatic carbocycles. The van der Waals surface area contributed by atoms with Crippen LogP contribution in [0.3, 0.4) is 0 Å². The second-order valence-corrected chi connectivity index (χ2v) is 4.10. The van der Waals surface area contributed by atoms with E-state index in [2.05, 4.69) is 15.3 Å². The van der Waals surface area contributed by atoms with Gasteiger partial charge in [0.05, 0.1) is 0 Å². The molecule has 0 heterocycles. The predicted octanol–water partition coefficient (Wildman–Crippen LogP) is 1.95. The number of carbonyl (C=O) groups excluding carboxylic acids is 1. The van der Waals surface area contributed by atoms with Crippen molar-refractivity contribution < 1.29 is 9.18 Å². The summed E-state index contributed by atoms with van der Waals surface area (Å²) < 4.78 is 13.2. The lowest BCUT2D eigenvalue weighted by Gasteiger charge is -2.17. The average Bonchev–Trinajstić information content (AvgIpc) is 2.37. The van der Waals surface area contributed by atoms with Gasteiger partial charge in [-0.25, -0.2) is 4.39 Å². The predicted molar refractivity (Wildman–Crippen MR) is 69.7 cm³/mol. The second-order valence-electron chi connectivity index (χ2n) is 4.10. The van der Waals surface area contributed by atoms with Gasteiger partial charge in [0.1, 0.15) is 11.9 Å². The number of benzene rings is 1. The van der Waals surface area contributed by atoms with Gasteiger partial charge in [0, 0.05) is 11.5 Å². The fourth-order valence-electron chi connectivity index (χ4n) is 1.73. The number of primary amides is 1. The smallest absolute Gasteiger partial charge is 0.239 e. The van der Waals surface area contributed by atoms with Crippen molar-refractivity contribution in [3.63, 3.8) is 0 Å². The normalized spacial score (nSPS) is 11.7. The molecule has 0 saturated carbocycles. The summed E-state index contributed by atoms with van der Waals surface area (Å²) in [6.45, 7) is 2.56. The quantitative estimate of drug-likeness (QED) is 0.340. The summed E-state index contributed by atoms with van der Waals surface area (Å²) in [6, 6.07) is 3.48. The van der Waals surface area contributed by atoms with Gasteiger partial charge in [0.15, 0.2) is 0 Å². The number of nitrogens with zero attached hydrogens (tertiary/aromatic N) is 3. The van der Waals surface area contributed by atoms with Gasteiger partial charge in [-0.1, -0.05) is 11.2 Å². The molecule has 0 aliphatic heterocycles. The van der Waals surface area contributed by atoms with Crippen LogP contribution in [0.4, 0.5) is 4.39 Å². The maximum Gasteiger partial charge on any atom is 0.239 e. The number of aryl methyl sites for hydroxylation is 1. The molecule has 1 aromatic rings. The van der Waals surface area contributed by atoms with Crippen molar-refractivity contribution in [1.29, 1.82) is 0 Å². The van der Waals surface area contributed by atoms with E-state index in [-0.39, 0.29) is 0 Å². The van der Waals surface area contributed by atoms with Crippen molar-refractivity contribution in [3.8, 4) is 0 Å². The molecule has 0 bridgehead atoms. The number of carbonyl (C=O) groups is 1. The third-order valence-corrected chi connectivity index (χ3v) is 2.68. The molecule has 0 fully saturated rings. The molecule has 1 amide bonds. The number of halogens is 1. The number of hydrogen-bond donors (Lipinski definition) is 2. The van der Waals surface area contributed by atoms with Crippen LogP contribution in [0.15, 0.2) is 23.3 Å². The van der Waals surface area contributed by atoms with E-state index in [0.717, 1.165) is 5.56 Å². The van der Waals surface area contributed by atoms with Crippen LogP contribution < -0.4 is 11.1 Å². The second kappa shape index (κ2) is 7.35. The molecule has 0 spiro atoms. The molecule has 1 unspecified atom stereocenters. The number of amides is 1. The number of azide groups is 1. The fourth-order valence-corrected chi connectivity index (χ4v) is 1.73. The van der Waals surface area contributed by atoms with Crippen LogP contribution in [0, 0.1) is 12.7 Å². The first-order valence-electron chi connectivity index (χ1n) is 5.86. The summed E-state index contributed by atoms with van der Waals surface area (Å²) in [4.78, 5) is 14.1. The minimum absolute atomic E-state index is 0.330. The van der Waals surface area contributed by atoms with E-state index in [9.17, 15) is 9.18 Å². The molecule has 3 N–H and O–H groups in total. The van der Waals surface area contributed by atoms with Gasteiger partial charge in [0.25, 0.3) is 0 Å². The highest BCUT2D eigenvalue weighted by atomic mass is 19.1. The van der Waals surface area contributed by atoms with Gasteiger partial charge in [-0.05, 0) is 48.7 Å². The molecule has 1 atom stereocenters. The van der Waals surface area contributed by atoms with Gasteiger partial charge < -0.3 is 11.1 Å². The summed E-state index contributed by atoms with van der Waals surface area (Å²) in [7, 11) is 0. The van der Waals surface area contributed by atoms with Gasteiger partial charge in [-0.15, -0.1) is 0 Å². The van der Waals surface area contributed by atoms with E-state index in [1.807, 2.05) is 0 Å². The third kappa shape index (κ3) is 4.57. The maximum absolute atomic E-state index is 13.2. The fraction of sp³-hybridized carbons (Fsp3) is 0.417. The lowest BCUT2D eigenvalue weighted by Crippen LogP contribution is -2.35. The Bertz CT molecular complexity index is 499. The van der Waals surface area contributed by atoms with Crippen LogP contribution in [-0.2, 0) is 4.79 Å². The number of rotatable bonds is 7. The summed E-state index contributed by atoms with van der Waals surface area (Å²) in [5, 5.41) is 6.32. The Kier molecular flexibility index (Phi) is 5.78. The molecule has 102 valence electrons. The van der Waals surface area contributed by atoms with Crippen molar-refractivity contribution in [2.24, 2.45) is 10.8 Å². The van der Waals surface area contributed by atoms with Crippen LogP contribution >= 0.6 is 0 Å². The van der Waals surface area contributed by atoms with E-state index >= 15 is 0 Å². The summed E-state index contributed by atoms with van der Waals surface area (Å²) in [6.07, 6.45) is 0.572. The lowest BCUT2D eigenvalue weighted by molar-refractivity contribution is -0.120. The van der Waals surface area contributed by atoms with Gasteiger partial charge in [0.2, 0.25) is 5.91 Å². The first-order valence-corrected chi connectivity index (χ1v) is 5.86. The van der Waals surface area contributed by atoms with E-state index in [0.29, 0.717) is 25.1 Å². The number of nitrogens with two attached hydrogens (primary N) is 1. The molecular weight excluding hydrogens is 249 g/mol. The molecule has 1 rings (SSSR count). The minimum Gasteiger partial charge on any atom is -0.368 e. The highest BCUT2D eigenvalue weighted by molar-refractivity contribution is 5.81. The van der Waals surface area contributed by atoms with Gasteiger partial charge in [-0.2, -0.15) is 0 Å². The Balaban J connectivity index is 2.74. The SMILES string of the molecule is Cc1ccc(F)cc1C(NCCCN=[N+]=[N-])C(N)=O. The zero-order chi connectivity index (χ0) is 14.3. The Morgan fingerprint density at radius 3 is 3.00 bits per heavy atom. The van der Waals surface area contributed by atoms with Crippen molar-refractivity contribution >= 4 is 5.91 Å². The highest BCUT2D eigenvalue weighted by Crippen LogP contribution is 2.18. The van der Waals surface area contributed by atoms with Crippen LogP contribution in [-0.4, -0.2) is 19.0 Å². The number of nitrogens with one attached hydrogen (secondary N) is 1. The summed E-state index contributed by atoms with van der Waals surface area (Å²) >= 11 is 0. The van der Waals surface area contributed by atoms with Crippen molar-refractivity contribution in [2.75, 3.05) is 13.1 Å². The Morgan fingerprint density at radius 2 is 2.37 bits per heavy atom. The monoisotopic (exact) mass is 265 g/mol. The Labute approximate surface area is 110 Å². The van der Waals surface area contributed by atoms with Crippen molar-refractivity contribution in [1.82, 2.24) is 5.32 Å². The molecule has 0 aromatic heterocycles. The first kappa shape index (κ1) is 14.9. The standard InChI is InChI=1S/C12H16FN5O/c1-8-3-4-9(13)7-10(8)11(12(14)19)16-5-2-6-17-18-15/h3-4,7,11,16H,2,5-6H2,1H3,(H2,14,19). The van der Waals surface area contributed by atoms with Gasteiger partial charge >= 0.3 is 0 Å². The van der Waals surface area contributed by atoms with Crippen LogP contribution in [0.25, 0.3) is 10.4 Å². The topological polar surface area (TPSA) is 104 Å². The lowest BCUT2D eigenvalue weighted by atomic mass is 10.0. The molecule has 0 aliphatic rings. The number of hydrogen-bond acceptors (Lipinski definition) is 3. The van der Waals surface area contributed by atoms with Crippen molar-refractivity contribution in [3.05, 3.63) is 45.6 Å². The molecule has 0 radical (unpaired) electrons. The first-order chi connectivity index (χ1) is 9.06. The average molecular weight is 265 g/mol. The van der Waals surface area contributed by atoms with Gasteiger partial charge in [-0.3, -0.25) is 4.79 Å². The van der Waals surface area contributed by atoms with Crippen LogP contribution in [0.5, 0.6) is 0 Å². The molecule has 0 saturated heterocycles.